The monoisotopic (exact) mass is 268 g/mol. The Labute approximate surface area is 118 Å². The molecule has 3 heteroatoms. The van der Waals surface area contributed by atoms with Gasteiger partial charge in [-0.3, -0.25) is 0 Å². The molecule has 3 N–H and O–H groups in total. The van der Waals surface area contributed by atoms with Crippen LogP contribution < -0.4 is 5.73 Å². The highest BCUT2D eigenvalue weighted by molar-refractivity contribution is 4.91. The highest BCUT2D eigenvalue weighted by Crippen LogP contribution is 2.48. The lowest BCUT2D eigenvalue weighted by Crippen LogP contribution is -2.38. The third-order valence-electron chi connectivity index (χ3n) is 5.65. The Hall–Kier alpha value is -0.120. The van der Waals surface area contributed by atoms with Crippen molar-refractivity contribution in [3.05, 3.63) is 0 Å². The van der Waals surface area contributed by atoms with Crippen LogP contribution in [0.2, 0.25) is 0 Å². The van der Waals surface area contributed by atoms with Gasteiger partial charge in [0.05, 0.1) is 5.60 Å². The fourth-order valence-electron chi connectivity index (χ4n) is 4.19. The summed E-state index contributed by atoms with van der Waals surface area (Å²) in [6.07, 6.45) is 8.59. The molecule has 0 aromatic heterocycles. The van der Waals surface area contributed by atoms with E-state index in [0.717, 1.165) is 43.6 Å². The number of hydrogen-bond donors (Lipinski definition) is 2. The molecule has 0 spiro atoms. The second-order valence-corrected chi connectivity index (χ2v) is 7.08. The first kappa shape index (κ1) is 15.3. The second-order valence-electron chi connectivity index (χ2n) is 7.08. The van der Waals surface area contributed by atoms with Gasteiger partial charge in [-0.05, 0) is 69.9 Å². The lowest BCUT2D eigenvalue weighted by molar-refractivity contribution is 0.0317. The first-order chi connectivity index (χ1) is 9.06. The van der Waals surface area contributed by atoms with Crippen LogP contribution in [0.3, 0.4) is 0 Å². The van der Waals surface area contributed by atoms with E-state index in [2.05, 4.69) is 11.9 Å². The largest absolute Gasteiger partial charge is 0.389 e. The molecule has 0 heterocycles. The quantitative estimate of drug-likeness (QED) is 0.710. The summed E-state index contributed by atoms with van der Waals surface area (Å²) in [6.45, 7) is 4.76. The topological polar surface area (TPSA) is 49.5 Å². The Balaban J connectivity index is 1.63. The van der Waals surface area contributed by atoms with Crippen molar-refractivity contribution in [2.45, 2.75) is 57.5 Å². The van der Waals surface area contributed by atoms with E-state index < -0.39 is 5.60 Å². The van der Waals surface area contributed by atoms with Gasteiger partial charge in [-0.1, -0.05) is 13.3 Å². The van der Waals surface area contributed by atoms with Gasteiger partial charge in [0.25, 0.3) is 0 Å². The maximum Gasteiger partial charge on any atom is 0.0767 e. The highest BCUT2D eigenvalue weighted by Gasteiger charge is 2.39. The summed E-state index contributed by atoms with van der Waals surface area (Å²) in [5.74, 6) is 3.01. The zero-order valence-electron chi connectivity index (χ0n) is 12.8. The Morgan fingerprint density at radius 1 is 1.32 bits per heavy atom. The molecule has 0 radical (unpaired) electrons. The molecule has 2 bridgehead atoms. The van der Waals surface area contributed by atoms with E-state index in [1.807, 2.05) is 6.92 Å². The summed E-state index contributed by atoms with van der Waals surface area (Å²) >= 11 is 0. The van der Waals surface area contributed by atoms with E-state index in [4.69, 9.17) is 5.73 Å². The summed E-state index contributed by atoms with van der Waals surface area (Å²) in [6, 6.07) is 0. The Morgan fingerprint density at radius 2 is 2.11 bits per heavy atom. The SMILES string of the molecule is CCC(O)(CN)CCCN(C)CC1CC2CCC1C2. The second kappa shape index (κ2) is 6.55. The molecular formula is C16H32N2O. The van der Waals surface area contributed by atoms with Crippen LogP contribution in [0.5, 0.6) is 0 Å². The van der Waals surface area contributed by atoms with Crippen LogP contribution in [0, 0.1) is 17.8 Å². The minimum Gasteiger partial charge on any atom is -0.389 e. The lowest BCUT2D eigenvalue weighted by atomic mass is 9.88. The zero-order valence-corrected chi connectivity index (χ0v) is 12.8. The fourth-order valence-corrected chi connectivity index (χ4v) is 4.19. The zero-order chi connectivity index (χ0) is 13.9. The van der Waals surface area contributed by atoms with Crippen molar-refractivity contribution in [1.82, 2.24) is 4.90 Å². The number of rotatable bonds is 8. The first-order valence-corrected chi connectivity index (χ1v) is 8.17. The van der Waals surface area contributed by atoms with Crippen LogP contribution in [-0.2, 0) is 0 Å². The Morgan fingerprint density at radius 3 is 2.63 bits per heavy atom. The number of aliphatic hydroxyl groups is 1. The van der Waals surface area contributed by atoms with Crippen molar-refractivity contribution in [2.75, 3.05) is 26.7 Å². The van der Waals surface area contributed by atoms with Gasteiger partial charge in [-0.15, -0.1) is 0 Å². The predicted octanol–water partition coefficient (Wildman–Crippen LogP) is 2.23. The van der Waals surface area contributed by atoms with E-state index >= 15 is 0 Å². The van der Waals surface area contributed by atoms with Crippen LogP contribution in [0.1, 0.15) is 51.9 Å². The van der Waals surface area contributed by atoms with Gasteiger partial charge in [0, 0.05) is 13.1 Å². The van der Waals surface area contributed by atoms with Crippen LogP contribution in [0.15, 0.2) is 0 Å². The van der Waals surface area contributed by atoms with Crippen LogP contribution in [0.25, 0.3) is 0 Å². The molecule has 4 atom stereocenters. The number of nitrogens with two attached hydrogens (primary N) is 1. The number of fused-ring (bicyclic) bond motifs is 2. The van der Waals surface area contributed by atoms with E-state index in [9.17, 15) is 5.11 Å². The third-order valence-corrected chi connectivity index (χ3v) is 5.65. The van der Waals surface area contributed by atoms with E-state index in [0.29, 0.717) is 6.54 Å². The molecule has 2 aliphatic carbocycles. The molecule has 3 nitrogen and oxygen atoms in total. The van der Waals surface area contributed by atoms with E-state index in [-0.39, 0.29) is 0 Å². The molecule has 0 saturated heterocycles. The van der Waals surface area contributed by atoms with Crippen molar-refractivity contribution >= 4 is 0 Å². The van der Waals surface area contributed by atoms with Crippen molar-refractivity contribution in [3.8, 4) is 0 Å². The standard InChI is InChI=1S/C16H32N2O/c1-3-16(19,12-17)7-4-8-18(2)11-15-10-13-5-6-14(15)9-13/h13-15,19H,3-12,17H2,1-2H3. The van der Waals surface area contributed by atoms with E-state index in [1.54, 1.807) is 0 Å². The average molecular weight is 268 g/mol. The Kier molecular flexibility index (Phi) is 5.27. The maximum absolute atomic E-state index is 10.2. The van der Waals surface area contributed by atoms with Crippen molar-refractivity contribution in [2.24, 2.45) is 23.5 Å². The first-order valence-electron chi connectivity index (χ1n) is 8.17. The summed E-state index contributed by atoms with van der Waals surface area (Å²) < 4.78 is 0. The molecule has 0 aromatic rings. The molecule has 112 valence electrons. The molecule has 0 aliphatic heterocycles. The minimum atomic E-state index is -0.632. The summed E-state index contributed by atoms with van der Waals surface area (Å²) in [5.41, 5.74) is 5.01. The van der Waals surface area contributed by atoms with Gasteiger partial charge in [-0.2, -0.15) is 0 Å². The predicted molar refractivity (Wildman–Crippen MR) is 80.0 cm³/mol. The van der Waals surface area contributed by atoms with Gasteiger partial charge in [0.2, 0.25) is 0 Å². The molecule has 2 rings (SSSR count). The molecule has 0 aromatic carbocycles. The van der Waals surface area contributed by atoms with Crippen LogP contribution in [-0.4, -0.2) is 42.3 Å². The molecule has 0 amide bonds. The Bertz CT molecular complexity index is 278. The molecule has 2 fully saturated rings. The summed E-state index contributed by atoms with van der Waals surface area (Å²) in [4.78, 5) is 2.47. The summed E-state index contributed by atoms with van der Waals surface area (Å²) in [7, 11) is 2.24. The number of nitrogens with zero attached hydrogens (tertiary/aromatic N) is 1. The number of hydrogen-bond acceptors (Lipinski definition) is 3. The van der Waals surface area contributed by atoms with Gasteiger partial charge in [-0.25, -0.2) is 0 Å². The van der Waals surface area contributed by atoms with Crippen LogP contribution in [0.4, 0.5) is 0 Å². The average Bonchev–Trinajstić information content (AvgIpc) is 3.00. The van der Waals surface area contributed by atoms with Gasteiger partial charge in [0.15, 0.2) is 0 Å². The molecule has 19 heavy (non-hydrogen) atoms. The minimum absolute atomic E-state index is 0.388. The fraction of sp³-hybridized carbons (Fsp3) is 1.00. The smallest absolute Gasteiger partial charge is 0.0767 e. The molecule has 2 saturated carbocycles. The molecular weight excluding hydrogens is 236 g/mol. The maximum atomic E-state index is 10.2. The lowest BCUT2D eigenvalue weighted by Gasteiger charge is -2.29. The normalized spacial score (nSPS) is 33.0. The van der Waals surface area contributed by atoms with Gasteiger partial charge >= 0.3 is 0 Å². The van der Waals surface area contributed by atoms with Crippen molar-refractivity contribution in [3.63, 3.8) is 0 Å². The van der Waals surface area contributed by atoms with Gasteiger partial charge in [0.1, 0.15) is 0 Å². The van der Waals surface area contributed by atoms with Crippen molar-refractivity contribution in [1.29, 1.82) is 0 Å². The van der Waals surface area contributed by atoms with E-state index in [1.165, 1.54) is 32.2 Å². The molecule has 4 unspecified atom stereocenters. The highest BCUT2D eigenvalue weighted by atomic mass is 16.3. The molecule has 2 aliphatic rings. The van der Waals surface area contributed by atoms with Crippen LogP contribution >= 0.6 is 0 Å². The third kappa shape index (κ3) is 3.93. The van der Waals surface area contributed by atoms with Crippen molar-refractivity contribution < 1.29 is 5.11 Å². The van der Waals surface area contributed by atoms with Gasteiger partial charge < -0.3 is 15.7 Å². The summed E-state index contributed by atoms with van der Waals surface area (Å²) in [5, 5.41) is 10.2.